The van der Waals surface area contributed by atoms with Gasteiger partial charge in [0.25, 0.3) is 0 Å². The molecule has 1 aliphatic rings. The fourth-order valence-electron chi connectivity index (χ4n) is 2.90. The van der Waals surface area contributed by atoms with Gasteiger partial charge in [-0.2, -0.15) is 0 Å². The molecule has 1 heterocycles. The highest BCUT2D eigenvalue weighted by Crippen LogP contribution is 2.42. The molecule has 0 aliphatic carbocycles. The van der Waals surface area contributed by atoms with Crippen LogP contribution in [0.3, 0.4) is 0 Å². The van der Waals surface area contributed by atoms with Crippen LogP contribution < -0.4 is 24.7 Å². The number of Topliss-reactive ketones (excluding diaryl/α,β-unsaturated/α-hetero) is 1. The molecule has 2 N–H and O–H groups in total. The molecule has 0 radical (unpaired) electrons. The van der Waals surface area contributed by atoms with Crippen LogP contribution >= 0.6 is 0 Å². The SMILES string of the molecule is CCOc1cc(C(=O)C(=Cc2cc(OC)c3c(c2)OCO3)CC)ccc1N. The van der Waals surface area contributed by atoms with Gasteiger partial charge in [-0.1, -0.05) is 6.92 Å². The first-order valence-corrected chi connectivity index (χ1v) is 8.82. The van der Waals surface area contributed by atoms with Gasteiger partial charge in [0.05, 0.1) is 19.4 Å². The lowest BCUT2D eigenvalue weighted by atomic mass is 9.98. The third kappa shape index (κ3) is 3.84. The van der Waals surface area contributed by atoms with E-state index >= 15 is 0 Å². The first-order chi connectivity index (χ1) is 13.1. The number of ether oxygens (including phenoxy) is 4. The molecule has 2 aromatic carbocycles. The summed E-state index contributed by atoms with van der Waals surface area (Å²) in [6.07, 6.45) is 2.41. The Morgan fingerprint density at radius 1 is 1.19 bits per heavy atom. The molecule has 0 atom stereocenters. The van der Waals surface area contributed by atoms with E-state index in [0.29, 0.717) is 52.8 Å². The van der Waals surface area contributed by atoms with E-state index in [0.717, 1.165) is 5.56 Å². The first-order valence-electron chi connectivity index (χ1n) is 8.82. The van der Waals surface area contributed by atoms with Crippen molar-refractivity contribution < 1.29 is 23.7 Å². The quantitative estimate of drug-likeness (QED) is 0.450. The number of carbonyl (C=O) groups is 1. The summed E-state index contributed by atoms with van der Waals surface area (Å²) in [5.41, 5.74) is 8.41. The van der Waals surface area contributed by atoms with Crippen LogP contribution in [0.25, 0.3) is 6.08 Å². The van der Waals surface area contributed by atoms with Crippen molar-refractivity contribution in [2.24, 2.45) is 0 Å². The summed E-state index contributed by atoms with van der Waals surface area (Å²) in [5.74, 6) is 2.21. The predicted molar refractivity (Wildman–Crippen MR) is 104 cm³/mol. The summed E-state index contributed by atoms with van der Waals surface area (Å²) in [4.78, 5) is 13.0. The zero-order valence-corrected chi connectivity index (χ0v) is 15.7. The predicted octanol–water partition coefficient (Wildman–Crippen LogP) is 4.08. The van der Waals surface area contributed by atoms with Gasteiger partial charge in [0.2, 0.25) is 12.5 Å². The number of benzene rings is 2. The van der Waals surface area contributed by atoms with E-state index < -0.39 is 0 Å². The molecule has 1 aliphatic heterocycles. The minimum absolute atomic E-state index is 0.0740. The first kappa shape index (κ1) is 18.6. The Kier molecular flexibility index (Phi) is 5.54. The van der Waals surface area contributed by atoms with Crippen LogP contribution in [0.1, 0.15) is 36.2 Å². The summed E-state index contributed by atoms with van der Waals surface area (Å²) in [5, 5.41) is 0. The molecule has 27 heavy (non-hydrogen) atoms. The number of rotatable bonds is 7. The second-order valence-electron chi connectivity index (χ2n) is 5.99. The van der Waals surface area contributed by atoms with Crippen LogP contribution in [0.5, 0.6) is 23.0 Å². The standard InChI is InChI=1S/C21H23NO5/c1-4-14(20(23)15-6-7-16(22)17(11-15)25-5-2)8-13-9-18(24-3)21-19(10-13)26-12-27-21/h6-11H,4-5,12,22H2,1-3H3. The number of anilines is 1. The van der Waals surface area contributed by atoms with E-state index in [9.17, 15) is 4.79 Å². The number of nitrogen functional groups attached to an aromatic ring is 1. The van der Waals surface area contributed by atoms with Crippen molar-refractivity contribution in [3.8, 4) is 23.0 Å². The number of carbonyl (C=O) groups excluding carboxylic acids is 1. The lowest BCUT2D eigenvalue weighted by molar-refractivity contribution is 0.103. The largest absolute Gasteiger partial charge is 0.493 e. The number of ketones is 1. The molecule has 2 aromatic rings. The third-order valence-electron chi connectivity index (χ3n) is 4.27. The van der Waals surface area contributed by atoms with Crippen LogP contribution in [0, 0.1) is 0 Å². The highest BCUT2D eigenvalue weighted by atomic mass is 16.7. The second kappa shape index (κ2) is 8.03. The number of fused-ring (bicyclic) bond motifs is 1. The molecule has 0 spiro atoms. The van der Waals surface area contributed by atoms with E-state index in [1.165, 1.54) is 0 Å². The Bertz CT molecular complexity index is 888. The van der Waals surface area contributed by atoms with E-state index in [4.69, 9.17) is 24.7 Å². The van der Waals surface area contributed by atoms with E-state index in [-0.39, 0.29) is 12.6 Å². The van der Waals surface area contributed by atoms with Gasteiger partial charge in [-0.25, -0.2) is 0 Å². The number of hydrogen-bond donors (Lipinski definition) is 1. The lowest BCUT2D eigenvalue weighted by Crippen LogP contribution is -2.05. The van der Waals surface area contributed by atoms with Crippen molar-refractivity contribution in [2.45, 2.75) is 20.3 Å². The minimum Gasteiger partial charge on any atom is -0.493 e. The zero-order chi connectivity index (χ0) is 19.4. The Labute approximate surface area is 158 Å². The molecule has 3 rings (SSSR count). The van der Waals surface area contributed by atoms with Gasteiger partial charge in [0.15, 0.2) is 17.3 Å². The fourth-order valence-corrected chi connectivity index (χ4v) is 2.90. The van der Waals surface area contributed by atoms with Gasteiger partial charge in [-0.3, -0.25) is 4.79 Å². The maximum absolute atomic E-state index is 13.0. The van der Waals surface area contributed by atoms with Crippen LogP contribution in [0.4, 0.5) is 5.69 Å². The van der Waals surface area contributed by atoms with Crippen LogP contribution in [0.15, 0.2) is 35.9 Å². The monoisotopic (exact) mass is 369 g/mol. The topological polar surface area (TPSA) is 80.0 Å². The minimum atomic E-state index is -0.0740. The maximum Gasteiger partial charge on any atom is 0.231 e. The molecular weight excluding hydrogens is 346 g/mol. The van der Waals surface area contributed by atoms with Gasteiger partial charge in [-0.05, 0) is 55.3 Å². The van der Waals surface area contributed by atoms with Crippen molar-refractivity contribution >= 4 is 17.5 Å². The number of nitrogens with two attached hydrogens (primary N) is 1. The fraction of sp³-hybridized carbons (Fsp3) is 0.286. The van der Waals surface area contributed by atoms with Gasteiger partial charge < -0.3 is 24.7 Å². The zero-order valence-electron chi connectivity index (χ0n) is 15.7. The molecule has 0 amide bonds. The summed E-state index contributed by atoms with van der Waals surface area (Å²) >= 11 is 0. The third-order valence-corrected chi connectivity index (χ3v) is 4.27. The van der Waals surface area contributed by atoms with Crippen molar-refractivity contribution in [3.63, 3.8) is 0 Å². The summed E-state index contributed by atoms with van der Waals surface area (Å²) in [7, 11) is 1.57. The van der Waals surface area contributed by atoms with Gasteiger partial charge in [0.1, 0.15) is 5.75 Å². The molecular formula is C21H23NO5. The molecule has 0 bridgehead atoms. The summed E-state index contributed by atoms with van der Waals surface area (Å²) < 4.78 is 21.7. The van der Waals surface area contributed by atoms with Crippen LogP contribution in [0.2, 0.25) is 0 Å². The average Bonchev–Trinajstić information content (AvgIpc) is 3.15. The Hall–Kier alpha value is -3.15. The van der Waals surface area contributed by atoms with E-state index in [1.54, 1.807) is 25.3 Å². The van der Waals surface area contributed by atoms with E-state index in [1.807, 2.05) is 32.1 Å². The van der Waals surface area contributed by atoms with Crippen molar-refractivity contribution in [1.82, 2.24) is 0 Å². The van der Waals surface area contributed by atoms with Crippen molar-refractivity contribution in [1.29, 1.82) is 0 Å². The number of allylic oxidation sites excluding steroid dienone is 1. The molecule has 0 fully saturated rings. The molecule has 6 nitrogen and oxygen atoms in total. The molecule has 142 valence electrons. The highest BCUT2D eigenvalue weighted by Gasteiger charge is 2.20. The van der Waals surface area contributed by atoms with E-state index in [2.05, 4.69) is 0 Å². The molecule has 0 aromatic heterocycles. The van der Waals surface area contributed by atoms with Crippen molar-refractivity contribution in [3.05, 3.63) is 47.0 Å². The Balaban J connectivity index is 1.95. The smallest absolute Gasteiger partial charge is 0.231 e. The average molecular weight is 369 g/mol. The number of hydrogen-bond acceptors (Lipinski definition) is 6. The maximum atomic E-state index is 13.0. The normalized spacial score (nSPS) is 12.8. The Morgan fingerprint density at radius 3 is 2.70 bits per heavy atom. The molecule has 6 heteroatoms. The van der Waals surface area contributed by atoms with Gasteiger partial charge in [-0.15, -0.1) is 0 Å². The van der Waals surface area contributed by atoms with Crippen molar-refractivity contribution in [2.75, 3.05) is 26.2 Å². The summed E-state index contributed by atoms with van der Waals surface area (Å²) in [6.45, 7) is 4.45. The summed E-state index contributed by atoms with van der Waals surface area (Å²) in [6, 6.07) is 8.75. The number of methoxy groups -OCH3 is 1. The molecule has 0 saturated heterocycles. The highest BCUT2D eigenvalue weighted by molar-refractivity contribution is 6.11. The van der Waals surface area contributed by atoms with Crippen LogP contribution in [-0.4, -0.2) is 26.3 Å². The molecule has 0 unspecified atom stereocenters. The van der Waals surface area contributed by atoms with Crippen LogP contribution in [-0.2, 0) is 0 Å². The lowest BCUT2D eigenvalue weighted by Gasteiger charge is -2.11. The second-order valence-corrected chi connectivity index (χ2v) is 5.99. The molecule has 0 saturated carbocycles. The van der Waals surface area contributed by atoms with Gasteiger partial charge in [0, 0.05) is 11.1 Å². The Morgan fingerprint density at radius 2 is 2.00 bits per heavy atom. The van der Waals surface area contributed by atoms with Gasteiger partial charge >= 0.3 is 0 Å².